The molecule has 0 bridgehead atoms. The van der Waals surface area contributed by atoms with Crippen molar-refractivity contribution in [2.75, 3.05) is 13.6 Å². The average Bonchev–Trinajstić information content (AvgIpc) is 2.26. The van der Waals surface area contributed by atoms with E-state index < -0.39 is 16.4 Å². The fourth-order valence-corrected chi connectivity index (χ4v) is 2.46. The van der Waals surface area contributed by atoms with Gasteiger partial charge in [0.25, 0.3) is 0 Å². The van der Waals surface area contributed by atoms with Gasteiger partial charge in [-0.3, -0.25) is 10.1 Å². The summed E-state index contributed by atoms with van der Waals surface area (Å²) in [5, 5.41) is 19.7. The van der Waals surface area contributed by atoms with Crippen LogP contribution in [0.1, 0.15) is 18.4 Å². The van der Waals surface area contributed by atoms with E-state index in [1.54, 1.807) is 6.07 Å². The second kappa shape index (κ2) is 5.63. The maximum atomic E-state index is 13.4. The molecule has 0 aliphatic heterocycles. The standard InChI is InChI=1S/C13H17FN2O3/c1-15(8-10-4-11(17)5-10)7-9-2-3-13(16(18)19)12(14)6-9/h2-3,6,10-11,17H,4-5,7-8H2,1H3. The Morgan fingerprint density at radius 2 is 2.21 bits per heavy atom. The number of aliphatic hydroxyl groups is 1. The van der Waals surface area contributed by atoms with E-state index in [2.05, 4.69) is 0 Å². The lowest BCUT2D eigenvalue weighted by Gasteiger charge is -2.34. The van der Waals surface area contributed by atoms with Gasteiger partial charge >= 0.3 is 5.69 Å². The second-order valence-electron chi connectivity index (χ2n) is 5.23. The van der Waals surface area contributed by atoms with Crippen molar-refractivity contribution in [2.24, 2.45) is 5.92 Å². The molecule has 0 atom stereocenters. The number of hydrogen-bond donors (Lipinski definition) is 1. The minimum absolute atomic E-state index is 0.171. The molecular formula is C13H17FN2O3. The molecule has 1 aromatic carbocycles. The lowest BCUT2D eigenvalue weighted by Crippen LogP contribution is -2.36. The van der Waals surface area contributed by atoms with Gasteiger partial charge in [-0.25, -0.2) is 0 Å². The van der Waals surface area contributed by atoms with Crippen LogP contribution in [0.15, 0.2) is 18.2 Å². The molecule has 1 aromatic rings. The molecule has 0 spiro atoms. The zero-order valence-electron chi connectivity index (χ0n) is 10.8. The van der Waals surface area contributed by atoms with Crippen molar-refractivity contribution in [1.82, 2.24) is 4.90 Å². The summed E-state index contributed by atoms with van der Waals surface area (Å²) in [6.45, 7) is 1.39. The van der Waals surface area contributed by atoms with Crippen LogP contribution in [0.5, 0.6) is 0 Å². The summed E-state index contributed by atoms with van der Waals surface area (Å²) < 4.78 is 13.4. The van der Waals surface area contributed by atoms with Crippen LogP contribution in [0, 0.1) is 21.8 Å². The molecule has 1 fully saturated rings. The van der Waals surface area contributed by atoms with E-state index in [0.717, 1.165) is 19.4 Å². The first kappa shape index (κ1) is 13.9. The summed E-state index contributed by atoms with van der Waals surface area (Å²) in [4.78, 5) is 11.8. The molecular weight excluding hydrogens is 251 g/mol. The van der Waals surface area contributed by atoms with Crippen molar-refractivity contribution in [3.63, 3.8) is 0 Å². The van der Waals surface area contributed by atoms with Crippen LogP contribution < -0.4 is 0 Å². The third kappa shape index (κ3) is 3.48. The highest BCUT2D eigenvalue weighted by atomic mass is 19.1. The third-order valence-corrected chi connectivity index (χ3v) is 3.44. The summed E-state index contributed by atoms with van der Waals surface area (Å²) in [5.74, 6) is -0.308. The molecule has 1 saturated carbocycles. The molecule has 0 saturated heterocycles. The van der Waals surface area contributed by atoms with Crippen LogP contribution in [0.4, 0.5) is 10.1 Å². The highest BCUT2D eigenvalue weighted by molar-refractivity contribution is 5.34. The molecule has 1 aliphatic rings. The number of aliphatic hydroxyl groups excluding tert-OH is 1. The number of nitrogens with zero attached hydrogens (tertiary/aromatic N) is 2. The number of hydrogen-bond acceptors (Lipinski definition) is 4. The highest BCUT2D eigenvalue weighted by Crippen LogP contribution is 2.28. The minimum atomic E-state index is -0.796. The van der Waals surface area contributed by atoms with E-state index in [1.165, 1.54) is 12.1 Å². The minimum Gasteiger partial charge on any atom is -0.393 e. The molecule has 19 heavy (non-hydrogen) atoms. The normalized spacial score (nSPS) is 22.3. The van der Waals surface area contributed by atoms with E-state index in [9.17, 15) is 19.6 Å². The smallest absolute Gasteiger partial charge is 0.304 e. The quantitative estimate of drug-likeness (QED) is 0.654. The molecule has 0 radical (unpaired) electrons. The van der Waals surface area contributed by atoms with Crippen LogP contribution >= 0.6 is 0 Å². The lowest BCUT2D eigenvalue weighted by molar-refractivity contribution is -0.387. The Morgan fingerprint density at radius 1 is 1.53 bits per heavy atom. The van der Waals surface area contributed by atoms with Gasteiger partial charge in [-0.1, -0.05) is 6.07 Å². The first-order valence-corrected chi connectivity index (χ1v) is 6.25. The van der Waals surface area contributed by atoms with Gasteiger partial charge in [0.15, 0.2) is 0 Å². The van der Waals surface area contributed by atoms with E-state index in [-0.39, 0.29) is 6.10 Å². The molecule has 1 N–H and O–H groups in total. The van der Waals surface area contributed by atoms with Gasteiger partial charge in [-0.2, -0.15) is 4.39 Å². The Bertz CT molecular complexity index is 475. The van der Waals surface area contributed by atoms with Crippen LogP contribution in [0.3, 0.4) is 0 Å². The summed E-state index contributed by atoms with van der Waals surface area (Å²) in [6.07, 6.45) is 1.47. The number of halogens is 1. The zero-order valence-corrected chi connectivity index (χ0v) is 10.8. The predicted octanol–water partition coefficient (Wildman–Crippen LogP) is 1.94. The largest absolute Gasteiger partial charge is 0.393 e. The molecule has 6 heteroatoms. The monoisotopic (exact) mass is 268 g/mol. The van der Waals surface area contributed by atoms with Gasteiger partial charge in [0.1, 0.15) is 0 Å². The number of rotatable bonds is 5. The first-order valence-electron chi connectivity index (χ1n) is 6.25. The predicted molar refractivity (Wildman–Crippen MR) is 68.1 cm³/mol. The van der Waals surface area contributed by atoms with Crippen molar-refractivity contribution < 1.29 is 14.4 Å². The lowest BCUT2D eigenvalue weighted by atomic mass is 9.82. The summed E-state index contributed by atoms with van der Waals surface area (Å²) in [7, 11) is 1.92. The van der Waals surface area contributed by atoms with E-state index in [1.807, 2.05) is 11.9 Å². The molecule has 104 valence electrons. The topological polar surface area (TPSA) is 66.6 Å². The van der Waals surface area contributed by atoms with Gasteiger partial charge in [0.05, 0.1) is 11.0 Å². The molecule has 0 aromatic heterocycles. The molecule has 0 unspecified atom stereocenters. The number of benzene rings is 1. The van der Waals surface area contributed by atoms with Crippen molar-refractivity contribution >= 4 is 5.69 Å². The van der Waals surface area contributed by atoms with Crippen molar-refractivity contribution in [3.05, 3.63) is 39.7 Å². The van der Waals surface area contributed by atoms with Gasteiger partial charge in [0.2, 0.25) is 5.82 Å². The van der Waals surface area contributed by atoms with Gasteiger partial charge in [-0.15, -0.1) is 0 Å². The highest BCUT2D eigenvalue weighted by Gasteiger charge is 2.27. The third-order valence-electron chi connectivity index (χ3n) is 3.44. The van der Waals surface area contributed by atoms with Gasteiger partial charge in [0, 0.05) is 19.2 Å². The van der Waals surface area contributed by atoms with E-state index >= 15 is 0 Å². The zero-order chi connectivity index (χ0) is 14.0. The van der Waals surface area contributed by atoms with Crippen LogP contribution in [-0.2, 0) is 6.54 Å². The Morgan fingerprint density at radius 3 is 2.74 bits per heavy atom. The number of nitro benzene ring substituents is 1. The van der Waals surface area contributed by atoms with Crippen molar-refractivity contribution in [1.29, 1.82) is 0 Å². The molecule has 1 aliphatic carbocycles. The maximum Gasteiger partial charge on any atom is 0.304 e. The molecule has 2 rings (SSSR count). The average molecular weight is 268 g/mol. The second-order valence-corrected chi connectivity index (χ2v) is 5.23. The molecule has 0 heterocycles. The van der Waals surface area contributed by atoms with E-state index in [0.29, 0.717) is 18.0 Å². The molecule has 0 amide bonds. The first-order chi connectivity index (χ1) is 8.95. The Kier molecular flexibility index (Phi) is 4.11. The summed E-state index contributed by atoms with van der Waals surface area (Å²) in [6, 6.07) is 3.99. The van der Waals surface area contributed by atoms with Gasteiger partial charge < -0.3 is 10.0 Å². The van der Waals surface area contributed by atoms with Crippen molar-refractivity contribution in [3.8, 4) is 0 Å². The Balaban J connectivity index is 1.91. The van der Waals surface area contributed by atoms with Crippen molar-refractivity contribution in [2.45, 2.75) is 25.5 Å². The Hall–Kier alpha value is -1.53. The SMILES string of the molecule is CN(Cc1ccc([N+](=O)[O-])c(F)c1)CC1CC(O)C1. The summed E-state index contributed by atoms with van der Waals surface area (Å²) in [5.41, 5.74) is 0.221. The van der Waals surface area contributed by atoms with Crippen LogP contribution in [0.2, 0.25) is 0 Å². The van der Waals surface area contributed by atoms with Crippen LogP contribution in [-0.4, -0.2) is 34.6 Å². The maximum absolute atomic E-state index is 13.4. The Labute approximate surface area is 110 Å². The fraction of sp³-hybridized carbons (Fsp3) is 0.538. The molecule has 5 nitrogen and oxygen atoms in total. The fourth-order valence-electron chi connectivity index (χ4n) is 2.46. The number of nitro groups is 1. The summed E-state index contributed by atoms with van der Waals surface area (Å²) >= 11 is 0. The van der Waals surface area contributed by atoms with Gasteiger partial charge in [-0.05, 0) is 37.4 Å². The van der Waals surface area contributed by atoms with E-state index in [4.69, 9.17) is 0 Å². The van der Waals surface area contributed by atoms with Crippen LogP contribution in [0.25, 0.3) is 0 Å².